The molecule has 1 heterocycles. The highest BCUT2D eigenvalue weighted by molar-refractivity contribution is 7.17. The number of nitrogens with one attached hydrogen (secondary N) is 1. The predicted octanol–water partition coefficient (Wildman–Crippen LogP) is 4.68. The normalized spacial score (nSPS) is 31.1. The maximum Gasteiger partial charge on any atom is 0.263 e. The van der Waals surface area contributed by atoms with Crippen LogP contribution < -0.4 is 10.1 Å². The second-order valence-electron chi connectivity index (χ2n) is 8.59. The van der Waals surface area contributed by atoms with E-state index in [4.69, 9.17) is 4.74 Å². The Morgan fingerprint density at radius 3 is 2.30 bits per heavy atom. The third-order valence-corrected chi connectivity index (χ3v) is 8.07. The fourth-order valence-electron chi connectivity index (χ4n) is 5.84. The maximum atomic E-state index is 13.0. The molecule has 4 fully saturated rings. The molecular formula is C22H26N2O2S. The lowest BCUT2D eigenvalue weighted by Crippen LogP contribution is -2.55. The van der Waals surface area contributed by atoms with E-state index in [9.17, 15) is 4.79 Å². The van der Waals surface area contributed by atoms with Gasteiger partial charge in [-0.15, -0.1) is 11.3 Å². The first-order valence-corrected chi connectivity index (χ1v) is 10.8. The van der Waals surface area contributed by atoms with Crippen molar-refractivity contribution in [3.05, 3.63) is 34.8 Å². The zero-order valence-corrected chi connectivity index (χ0v) is 16.7. The standard InChI is InChI=1S/C22H26N2O2S/c1-12-20(27-22(23-12)15-3-5-18(26-2)6-4-15)21(25)24-19-16-8-13-7-14(10-16)11-17(19)9-13/h3-6,13-14,16-17,19H,7-11H2,1-2H3,(H,24,25). The van der Waals surface area contributed by atoms with Crippen LogP contribution in [-0.2, 0) is 0 Å². The molecule has 4 bridgehead atoms. The lowest BCUT2D eigenvalue weighted by atomic mass is 9.54. The van der Waals surface area contributed by atoms with Crippen LogP contribution in [0.2, 0.25) is 0 Å². The molecule has 142 valence electrons. The minimum Gasteiger partial charge on any atom is -0.497 e. The van der Waals surface area contributed by atoms with Crippen LogP contribution in [-0.4, -0.2) is 24.0 Å². The van der Waals surface area contributed by atoms with Crippen LogP contribution in [0.1, 0.15) is 47.5 Å². The quantitative estimate of drug-likeness (QED) is 0.835. The van der Waals surface area contributed by atoms with E-state index in [0.717, 1.165) is 38.7 Å². The van der Waals surface area contributed by atoms with Gasteiger partial charge in [0.1, 0.15) is 15.6 Å². The monoisotopic (exact) mass is 382 g/mol. The average molecular weight is 383 g/mol. The minimum absolute atomic E-state index is 0.0715. The smallest absolute Gasteiger partial charge is 0.263 e. The summed E-state index contributed by atoms with van der Waals surface area (Å²) in [5.74, 6) is 4.13. The van der Waals surface area contributed by atoms with Crippen LogP contribution in [0.4, 0.5) is 0 Å². The van der Waals surface area contributed by atoms with Crippen LogP contribution in [0.25, 0.3) is 10.6 Å². The molecule has 0 radical (unpaired) electrons. The molecule has 0 saturated heterocycles. The third-order valence-electron chi connectivity index (χ3n) is 6.86. The maximum absolute atomic E-state index is 13.0. The van der Waals surface area contributed by atoms with Gasteiger partial charge in [0.2, 0.25) is 0 Å². The van der Waals surface area contributed by atoms with Gasteiger partial charge >= 0.3 is 0 Å². The van der Waals surface area contributed by atoms with Gasteiger partial charge in [-0.2, -0.15) is 0 Å². The molecule has 1 amide bonds. The number of aryl methyl sites for hydroxylation is 1. The number of thiazole rings is 1. The second kappa shape index (κ2) is 6.62. The van der Waals surface area contributed by atoms with E-state index in [1.807, 2.05) is 31.2 Å². The Hall–Kier alpha value is -1.88. The second-order valence-corrected chi connectivity index (χ2v) is 9.59. The molecule has 0 atom stereocenters. The number of hydrogen-bond donors (Lipinski definition) is 1. The van der Waals surface area contributed by atoms with E-state index in [-0.39, 0.29) is 5.91 Å². The summed E-state index contributed by atoms with van der Waals surface area (Å²) >= 11 is 1.50. The molecule has 0 spiro atoms. The molecule has 0 aliphatic heterocycles. The van der Waals surface area contributed by atoms with E-state index >= 15 is 0 Å². The van der Waals surface area contributed by atoms with Crippen molar-refractivity contribution in [3.8, 4) is 16.3 Å². The van der Waals surface area contributed by atoms with E-state index < -0.39 is 0 Å². The Morgan fingerprint density at radius 1 is 1.07 bits per heavy atom. The highest BCUT2D eigenvalue weighted by atomic mass is 32.1. The van der Waals surface area contributed by atoms with Gasteiger partial charge in [0.25, 0.3) is 5.91 Å². The van der Waals surface area contributed by atoms with Crippen molar-refractivity contribution < 1.29 is 9.53 Å². The van der Waals surface area contributed by atoms with Crippen LogP contribution in [0.5, 0.6) is 5.75 Å². The zero-order valence-electron chi connectivity index (χ0n) is 15.9. The minimum atomic E-state index is 0.0715. The van der Waals surface area contributed by atoms with Gasteiger partial charge < -0.3 is 10.1 Å². The fourth-order valence-corrected chi connectivity index (χ4v) is 6.82. The summed E-state index contributed by atoms with van der Waals surface area (Å²) in [6.45, 7) is 1.94. The fraction of sp³-hybridized carbons (Fsp3) is 0.545. The number of aromatic nitrogens is 1. The lowest BCUT2D eigenvalue weighted by Gasteiger charge is -2.54. The predicted molar refractivity (Wildman–Crippen MR) is 107 cm³/mol. The molecule has 4 aliphatic carbocycles. The van der Waals surface area contributed by atoms with Crippen molar-refractivity contribution in [1.82, 2.24) is 10.3 Å². The molecule has 4 nitrogen and oxygen atoms in total. The van der Waals surface area contributed by atoms with Gasteiger partial charge in [0.05, 0.1) is 12.8 Å². The Balaban J connectivity index is 1.34. The first kappa shape index (κ1) is 17.2. The summed E-state index contributed by atoms with van der Waals surface area (Å²) in [4.78, 5) is 18.5. The molecule has 1 aromatic carbocycles. The summed E-state index contributed by atoms with van der Waals surface area (Å²) in [6, 6.07) is 8.23. The van der Waals surface area contributed by atoms with Crippen molar-refractivity contribution in [1.29, 1.82) is 0 Å². The molecule has 1 N–H and O–H groups in total. The Labute approximate surface area is 164 Å². The van der Waals surface area contributed by atoms with E-state index in [1.54, 1.807) is 7.11 Å². The van der Waals surface area contributed by atoms with E-state index in [0.29, 0.717) is 17.9 Å². The number of carbonyl (C=O) groups is 1. The van der Waals surface area contributed by atoms with Crippen molar-refractivity contribution in [2.75, 3.05) is 7.11 Å². The Morgan fingerprint density at radius 2 is 1.70 bits per heavy atom. The molecule has 27 heavy (non-hydrogen) atoms. The molecule has 1 aromatic heterocycles. The number of rotatable bonds is 4. The van der Waals surface area contributed by atoms with Crippen molar-refractivity contribution in [3.63, 3.8) is 0 Å². The number of ether oxygens (including phenoxy) is 1. The van der Waals surface area contributed by atoms with Gasteiger partial charge in [-0.1, -0.05) is 0 Å². The Bertz CT molecular complexity index is 830. The first-order chi connectivity index (χ1) is 13.1. The van der Waals surface area contributed by atoms with E-state index in [2.05, 4.69) is 10.3 Å². The average Bonchev–Trinajstić information content (AvgIpc) is 3.06. The molecule has 5 heteroatoms. The highest BCUT2D eigenvalue weighted by Crippen LogP contribution is 2.53. The highest BCUT2D eigenvalue weighted by Gasteiger charge is 2.48. The van der Waals surface area contributed by atoms with Crippen LogP contribution in [0, 0.1) is 30.6 Å². The van der Waals surface area contributed by atoms with Gasteiger partial charge in [-0.25, -0.2) is 4.98 Å². The zero-order chi connectivity index (χ0) is 18.5. The lowest BCUT2D eigenvalue weighted by molar-refractivity contribution is -0.0119. The number of hydrogen-bond acceptors (Lipinski definition) is 4. The molecule has 2 aromatic rings. The number of amides is 1. The summed E-state index contributed by atoms with van der Waals surface area (Å²) in [6.07, 6.45) is 6.70. The molecule has 4 saturated carbocycles. The van der Waals surface area contributed by atoms with Crippen LogP contribution in [0.15, 0.2) is 24.3 Å². The molecule has 4 aliphatic rings. The number of benzene rings is 1. The number of methoxy groups -OCH3 is 1. The Kier molecular flexibility index (Phi) is 4.23. The molecular weight excluding hydrogens is 356 g/mol. The van der Waals surface area contributed by atoms with Crippen molar-refractivity contribution >= 4 is 17.2 Å². The first-order valence-electron chi connectivity index (χ1n) is 10.0. The van der Waals surface area contributed by atoms with Gasteiger partial charge in [-0.3, -0.25) is 4.79 Å². The summed E-state index contributed by atoms with van der Waals surface area (Å²) in [7, 11) is 1.66. The number of nitrogens with zero attached hydrogens (tertiary/aromatic N) is 1. The van der Waals surface area contributed by atoms with Crippen LogP contribution in [0.3, 0.4) is 0 Å². The molecule has 6 rings (SSSR count). The van der Waals surface area contributed by atoms with E-state index in [1.165, 1.54) is 43.4 Å². The SMILES string of the molecule is COc1ccc(-c2nc(C)c(C(=O)NC3C4CC5CC(C4)CC3C5)s2)cc1. The van der Waals surface area contributed by atoms with Crippen molar-refractivity contribution in [2.24, 2.45) is 23.7 Å². The summed E-state index contributed by atoms with van der Waals surface area (Å²) < 4.78 is 5.22. The third kappa shape index (κ3) is 3.06. The molecule has 0 unspecified atom stereocenters. The van der Waals surface area contributed by atoms with Gasteiger partial charge in [0, 0.05) is 11.6 Å². The largest absolute Gasteiger partial charge is 0.497 e. The van der Waals surface area contributed by atoms with Gasteiger partial charge in [-0.05, 0) is 87.0 Å². The van der Waals surface area contributed by atoms with Gasteiger partial charge in [0.15, 0.2) is 0 Å². The number of carbonyl (C=O) groups excluding carboxylic acids is 1. The summed E-state index contributed by atoms with van der Waals surface area (Å²) in [5.41, 5.74) is 1.85. The van der Waals surface area contributed by atoms with Crippen LogP contribution >= 0.6 is 11.3 Å². The van der Waals surface area contributed by atoms with Crippen molar-refractivity contribution in [2.45, 2.75) is 45.1 Å². The summed E-state index contributed by atoms with van der Waals surface area (Å²) in [5, 5.41) is 4.31. The topological polar surface area (TPSA) is 51.2 Å².